The first-order valence-electron chi connectivity index (χ1n) is 11.2. The Bertz CT molecular complexity index is 1010. The number of carbonyl (C=O) groups excluding carboxylic acids is 2. The Hall–Kier alpha value is -3.34. The molecule has 0 spiro atoms. The van der Waals surface area contributed by atoms with Gasteiger partial charge in [0, 0.05) is 18.7 Å². The molecule has 0 N–H and O–H groups in total. The number of hydrogen-bond donors (Lipinski definition) is 0. The summed E-state index contributed by atoms with van der Waals surface area (Å²) in [5.41, 5.74) is 2.83. The van der Waals surface area contributed by atoms with Crippen LogP contribution in [0.1, 0.15) is 53.3 Å². The van der Waals surface area contributed by atoms with Gasteiger partial charge in [0.05, 0.1) is 6.54 Å². The molecule has 0 aliphatic heterocycles. The van der Waals surface area contributed by atoms with E-state index in [2.05, 4.69) is 6.92 Å². The Morgan fingerprint density at radius 1 is 0.812 bits per heavy atom. The molecule has 2 aromatic carbocycles. The van der Waals surface area contributed by atoms with Crippen LogP contribution in [0.25, 0.3) is 0 Å². The van der Waals surface area contributed by atoms with Gasteiger partial charge in [0.2, 0.25) is 5.91 Å². The number of hydrogen-bond acceptors (Lipinski definition) is 3. The summed E-state index contributed by atoms with van der Waals surface area (Å²) in [5.74, 6) is 1.33. The fourth-order valence-corrected chi connectivity index (χ4v) is 3.65. The number of furan rings is 1. The van der Waals surface area contributed by atoms with Crippen molar-refractivity contribution in [2.75, 3.05) is 13.1 Å². The Morgan fingerprint density at radius 3 is 2.12 bits per heavy atom. The van der Waals surface area contributed by atoms with Crippen LogP contribution in [0.2, 0.25) is 0 Å². The number of carbonyl (C=O) groups is 2. The Morgan fingerprint density at radius 2 is 1.53 bits per heavy atom. The van der Waals surface area contributed by atoms with Crippen LogP contribution in [0.4, 0.5) is 0 Å². The van der Waals surface area contributed by atoms with Gasteiger partial charge in [-0.3, -0.25) is 9.59 Å². The van der Waals surface area contributed by atoms with Crippen molar-refractivity contribution in [1.29, 1.82) is 0 Å². The summed E-state index contributed by atoms with van der Waals surface area (Å²) in [7, 11) is 0. The molecule has 0 unspecified atom stereocenters. The van der Waals surface area contributed by atoms with Crippen LogP contribution >= 0.6 is 0 Å². The minimum atomic E-state index is -0.114. The predicted molar refractivity (Wildman–Crippen MR) is 126 cm³/mol. The molecule has 0 bridgehead atoms. The van der Waals surface area contributed by atoms with Gasteiger partial charge in [-0.2, -0.15) is 0 Å². The van der Waals surface area contributed by atoms with Gasteiger partial charge in [-0.25, -0.2) is 0 Å². The minimum Gasteiger partial charge on any atom is -0.464 e. The first-order valence-corrected chi connectivity index (χ1v) is 11.2. The summed E-state index contributed by atoms with van der Waals surface area (Å²) >= 11 is 0. The molecule has 0 fully saturated rings. The highest BCUT2D eigenvalue weighted by Gasteiger charge is 2.23. The van der Waals surface area contributed by atoms with E-state index in [9.17, 15) is 9.59 Å². The Labute approximate surface area is 190 Å². The quantitative estimate of drug-likeness (QED) is 0.441. The van der Waals surface area contributed by atoms with Crippen molar-refractivity contribution in [2.24, 2.45) is 0 Å². The molecule has 5 heteroatoms. The summed E-state index contributed by atoms with van der Waals surface area (Å²) in [6.45, 7) is 7.37. The largest absolute Gasteiger partial charge is 0.464 e. The van der Waals surface area contributed by atoms with Crippen molar-refractivity contribution in [3.05, 3.63) is 94.9 Å². The lowest BCUT2D eigenvalue weighted by molar-refractivity contribution is -0.133. The van der Waals surface area contributed by atoms with Gasteiger partial charge in [-0.1, -0.05) is 56.3 Å². The summed E-state index contributed by atoms with van der Waals surface area (Å²) < 4.78 is 5.72. The smallest absolute Gasteiger partial charge is 0.254 e. The second-order valence-corrected chi connectivity index (χ2v) is 8.02. The van der Waals surface area contributed by atoms with Crippen molar-refractivity contribution in [2.45, 2.75) is 46.7 Å². The lowest BCUT2D eigenvalue weighted by atomic mass is 10.1. The van der Waals surface area contributed by atoms with E-state index >= 15 is 0 Å². The molecule has 32 heavy (non-hydrogen) atoms. The van der Waals surface area contributed by atoms with Crippen LogP contribution in [0.5, 0.6) is 0 Å². The molecule has 2 amide bonds. The van der Waals surface area contributed by atoms with Crippen LogP contribution in [0.15, 0.2) is 71.1 Å². The molecule has 0 saturated heterocycles. The molecule has 1 heterocycles. The molecular weight excluding hydrogens is 400 g/mol. The van der Waals surface area contributed by atoms with Gasteiger partial charge in [0.25, 0.3) is 5.91 Å². The van der Waals surface area contributed by atoms with E-state index in [1.807, 2.05) is 80.6 Å². The third-order valence-corrected chi connectivity index (χ3v) is 5.43. The zero-order valence-electron chi connectivity index (χ0n) is 19.2. The van der Waals surface area contributed by atoms with Crippen molar-refractivity contribution in [1.82, 2.24) is 9.80 Å². The van der Waals surface area contributed by atoms with Crippen molar-refractivity contribution >= 4 is 11.8 Å². The minimum absolute atomic E-state index is 0.0364. The highest BCUT2D eigenvalue weighted by Crippen LogP contribution is 2.15. The zero-order valence-corrected chi connectivity index (χ0v) is 19.2. The normalized spacial score (nSPS) is 10.7. The second-order valence-electron chi connectivity index (χ2n) is 8.02. The fraction of sp³-hybridized carbons (Fsp3) is 0.333. The summed E-state index contributed by atoms with van der Waals surface area (Å²) in [5, 5.41) is 0. The Kier molecular flexibility index (Phi) is 8.26. The van der Waals surface area contributed by atoms with Crippen LogP contribution in [0.3, 0.4) is 0 Å². The second kappa shape index (κ2) is 11.3. The Balaban J connectivity index is 1.77. The molecule has 0 radical (unpaired) electrons. The van der Waals surface area contributed by atoms with Crippen LogP contribution in [0, 0.1) is 6.92 Å². The molecule has 3 aromatic rings. The van der Waals surface area contributed by atoms with E-state index in [1.165, 1.54) is 5.56 Å². The molecule has 0 aliphatic carbocycles. The van der Waals surface area contributed by atoms with Crippen molar-refractivity contribution in [3.8, 4) is 0 Å². The van der Waals surface area contributed by atoms with Crippen molar-refractivity contribution < 1.29 is 14.0 Å². The summed E-state index contributed by atoms with van der Waals surface area (Å²) in [6, 6.07) is 21.3. The summed E-state index contributed by atoms with van der Waals surface area (Å²) in [4.78, 5) is 29.9. The van der Waals surface area contributed by atoms with E-state index in [1.54, 1.807) is 9.80 Å². The van der Waals surface area contributed by atoms with Gasteiger partial charge >= 0.3 is 0 Å². The molecule has 5 nitrogen and oxygen atoms in total. The average molecular weight is 433 g/mol. The molecule has 0 aliphatic rings. The van der Waals surface area contributed by atoms with E-state index in [4.69, 9.17) is 4.42 Å². The molecule has 168 valence electrons. The zero-order chi connectivity index (χ0) is 22.9. The summed E-state index contributed by atoms with van der Waals surface area (Å²) in [6.07, 6.45) is 1.70. The maximum Gasteiger partial charge on any atom is 0.254 e. The SMILES string of the molecule is CCCN(CC(=O)N(Cc1ccccc1)Cc1ccc(C)o1)C(=O)c1ccc(CC)cc1. The van der Waals surface area contributed by atoms with Gasteiger partial charge in [0.15, 0.2) is 0 Å². The number of amides is 2. The number of rotatable bonds is 10. The van der Waals surface area contributed by atoms with E-state index in [-0.39, 0.29) is 18.4 Å². The first-order chi connectivity index (χ1) is 15.5. The molecule has 3 rings (SSSR count). The van der Waals surface area contributed by atoms with E-state index < -0.39 is 0 Å². The third-order valence-electron chi connectivity index (χ3n) is 5.43. The van der Waals surface area contributed by atoms with Gasteiger partial charge < -0.3 is 14.2 Å². The van der Waals surface area contributed by atoms with Gasteiger partial charge in [-0.05, 0) is 55.2 Å². The van der Waals surface area contributed by atoms with E-state index in [0.717, 1.165) is 29.9 Å². The first kappa shape index (κ1) is 23.3. The predicted octanol–water partition coefficient (Wildman–Crippen LogP) is 5.23. The van der Waals surface area contributed by atoms with Crippen LogP contribution in [-0.4, -0.2) is 34.7 Å². The monoisotopic (exact) mass is 432 g/mol. The highest BCUT2D eigenvalue weighted by molar-refractivity contribution is 5.96. The third kappa shape index (κ3) is 6.33. The molecular formula is C27H32N2O3. The number of benzene rings is 2. The average Bonchev–Trinajstić information content (AvgIpc) is 3.23. The number of nitrogens with zero attached hydrogens (tertiary/aromatic N) is 2. The standard InChI is InChI=1S/C27H32N2O3/c1-4-17-28(27(31)24-14-12-22(5-2)13-15-24)20-26(30)29(18-23-9-7-6-8-10-23)19-25-16-11-21(3)32-25/h6-16H,4-5,17-20H2,1-3H3. The molecule has 1 aromatic heterocycles. The maximum atomic E-state index is 13.4. The number of aryl methyl sites for hydroxylation is 2. The fourth-order valence-electron chi connectivity index (χ4n) is 3.65. The lowest BCUT2D eigenvalue weighted by Gasteiger charge is -2.27. The van der Waals surface area contributed by atoms with Crippen LogP contribution < -0.4 is 0 Å². The molecule has 0 atom stereocenters. The van der Waals surface area contributed by atoms with Gasteiger partial charge in [-0.15, -0.1) is 0 Å². The molecule has 0 saturated carbocycles. The maximum absolute atomic E-state index is 13.4. The van der Waals surface area contributed by atoms with Crippen LogP contribution in [-0.2, 0) is 24.3 Å². The van der Waals surface area contributed by atoms with Gasteiger partial charge in [0.1, 0.15) is 18.1 Å². The lowest BCUT2D eigenvalue weighted by Crippen LogP contribution is -2.42. The van der Waals surface area contributed by atoms with E-state index in [0.29, 0.717) is 25.2 Å². The van der Waals surface area contributed by atoms with Crippen molar-refractivity contribution in [3.63, 3.8) is 0 Å². The highest BCUT2D eigenvalue weighted by atomic mass is 16.3. The topological polar surface area (TPSA) is 53.8 Å².